The molecule has 1 aliphatic heterocycles. The maximum Gasteiger partial charge on any atom is 0.242 e. The van der Waals surface area contributed by atoms with Crippen molar-refractivity contribution in [2.75, 3.05) is 4.90 Å². The van der Waals surface area contributed by atoms with Crippen molar-refractivity contribution >= 4 is 29.1 Å². The highest BCUT2D eigenvalue weighted by Crippen LogP contribution is 2.55. The third kappa shape index (κ3) is 2.49. The lowest BCUT2D eigenvalue weighted by atomic mass is 9.65. The average Bonchev–Trinajstić information content (AvgIpc) is 3.02. The molecule has 5 heteroatoms. The molecule has 2 amide bonds. The standard InChI is InChI=1S/C22H23ClN2O2/c1-12-11-17-19-18(15-5-3-2-4-6-16(15)20(17)24-12)21(26)25(22(19)27)14-9-7-13(23)8-10-14/h7-11,15-16,18-19,24H,2-6H2,1H3/t15-,16+,18-,19+/m0/s1. The van der Waals surface area contributed by atoms with Gasteiger partial charge < -0.3 is 4.98 Å². The van der Waals surface area contributed by atoms with Crippen LogP contribution in [0, 0.1) is 18.8 Å². The summed E-state index contributed by atoms with van der Waals surface area (Å²) in [6.07, 6.45) is 5.67. The minimum atomic E-state index is -0.354. The normalized spacial score (nSPS) is 29.9. The summed E-state index contributed by atoms with van der Waals surface area (Å²) in [5, 5.41) is 0.600. The number of nitrogens with zero attached hydrogens (tertiary/aromatic N) is 1. The van der Waals surface area contributed by atoms with E-state index in [1.165, 1.54) is 23.4 Å². The molecule has 4 atom stereocenters. The number of benzene rings is 1. The van der Waals surface area contributed by atoms with Crippen LogP contribution in [-0.2, 0) is 9.59 Å². The number of imide groups is 1. The van der Waals surface area contributed by atoms with Crippen molar-refractivity contribution in [2.45, 2.75) is 50.9 Å². The molecule has 1 N–H and O–H groups in total. The van der Waals surface area contributed by atoms with E-state index in [0.29, 0.717) is 16.6 Å². The Labute approximate surface area is 163 Å². The number of H-pyrrole nitrogens is 1. The lowest BCUT2D eigenvalue weighted by molar-refractivity contribution is -0.123. The quantitative estimate of drug-likeness (QED) is 0.711. The van der Waals surface area contributed by atoms with Gasteiger partial charge in [0.2, 0.25) is 11.8 Å². The number of fused-ring (bicyclic) bond motifs is 6. The largest absolute Gasteiger partial charge is 0.362 e. The number of aromatic amines is 1. The fourth-order valence-corrected chi connectivity index (χ4v) is 5.74. The summed E-state index contributed by atoms with van der Waals surface area (Å²) in [4.78, 5) is 31.8. The summed E-state index contributed by atoms with van der Waals surface area (Å²) >= 11 is 6.00. The summed E-state index contributed by atoms with van der Waals surface area (Å²) in [5.41, 5.74) is 3.96. The third-order valence-electron chi connectivity index (χ3n) is 6.69. The van der Waals surface area contributed by atoms with Gasteiger partial charge >= 0.3 is 0 Å². The first-order chi connectivity index (χ1) is 13.1. The maximum absolute atomic E-state index is 13.5. The van der Waals surface area contributed by atoms with E-state index in [1.54, 1.807) is 24.3 Å². The molecule has 2 aromatic rings. The van der Waals surface area contributed by atoms with Crippen LogP contribution in [-0.4, -0.2) is 16.8 Å². The zero-order valence-electron chi connectivity index (χ0n) is 15.4. The van der Waals surface area contributed by atoms with Crippen molar-refractivity contribution in [3.63, 3.8) is 0 Å². The molecule has 1 saturated carbocycles. The second-order valence-corrected chi connectivity index (χ2v) is 8.66. The van der Waals surface area contributed by atoms with Crippen LogP contribution >= 0.6 is 11.6 Å². The first-order valence-electron chi connectivity index (χ1n) is 9.89. The molecule has 2 fully saturated rings. The number of carbonyl (C=O) groups is 2. The summed E-state index contributed by atoms with van der Waals surface area (Å²) in [7, 11) is 0. The summed E-state index contributed by atoms with van der Waals surface area (Å²) in [6.45, 7) is 2.04. The molecule has 1 aromatic carbocycles. The molecular weight excluding hydrogens is 360 g/mol. The highest BCUT2D eigenvalue weighted by atomic mass is 35.5. The number of amides is 2. The van der Waals surface area contributed by atoms with Gasteiger partial charge in [0.25, 0.3) is 0 Å². The Morgan fingerprint density at radius 2 is 1.78 bits per heavy atom. The van der Waals surface area contributed by atoms with Crippen molar-refractivity contribution in [1.82, 2.24) is 4.98 Å². The smallest absolute Gasteiger partial charge is 0.242 e. The van der Waals surface area contributed by atoms with Gasteiger partial charge in [0.1, 0.15) is 0 Å². The Hall–Kier alpha value is -2.07. The van der Waals surface area contributed by atoms with E-state index in [4.69, 9.17) is 11.6 Å². The molecule has 1 saturated heterocycles. The zero-order chi connectivity index (χ0) is 18.7. The predicted octanol–water partition coefficient (Wildman–Crippen LogP) is 4.93. The van der Waals surface area contributed by atoms with E-state index in [-0.39, 0.29) is 29.6 Å². The molecule has 0 radical (unpaired) electrons. The van der Waals surface area contributed by atoms with Gasteiger partial charge in [-0.15, -0.1) is 0 Å². The van der Waals surface area contributed by atoms with Crippen molar-refractivity contribution < 1.29 is 9.59 Å². The molecule has 0 bridgehead atoms. The predicted molar refractivity (Wildman–Crippen MR) is 105 cm³/mol. The first kappa shape index (κ1) is 17.1. The van der Waals surface area contributed by atoms with Crippen molar-refractivity contribution in [3.8, 4) is 0 Å². The minimum Gasteiger partial charge on any atom is -0.362 e. The lowest BCUT2D eigenvalue weighted by Gasteiger charge is -2.36. The van der Waals surface area contributed by atoms with Crippen LogP contribution in [0.1, 0.15) is 60.9 Å². The number of nitrogens with one attached hydrogen (secondary N) is 1. The number of hydrogen-bond acceptors (Lipinski definition) is 2. The number of halogens is 1. The van der Waals surface area contributed by atoms with Crippen LogP contribution in [0.4, 0.5) is 5.69 Å². The topological polar surface area (TPSA) is 53.2 Å². The summed E-state index contributed by atoms with van der Waals surface area (Å²) in [6, 6.07) is 9.09. The molecule has 4 nitrogen and oxygen atoms in total. The number of hydrogen-bond donors (Lipinski definition) is 1. The van der Waals surface area contributed by atoms with Crippen LogP contribution in [0.15, 0.2) is 30.3 Å². The minimum absolute atomic E-state index is 0.0336. The molecule has 1 aromatic heterocycles. The number of aromatic nitrogens is 1. The first-order valence-corrected chi connectivity index (χ1v) is 10.3. The Morgan fingerprint density at radius 3 is 2.56 bits per heavy atom. The fourth-order valence-electron chi connectivity index (χ4n) is 5.61. The van der Waals surface area contributed by atoms with Gasteiger partial charge in [-0.2, -0.15) is 0 Å². The van der Waals surface area contributed by atoms with Crippen molar-refractivity contribution in [3.05, 3.63) is 52.3 Å². The van der Waals surface area contributed by atoms with Crippen LogP contribution in [0.25, 0.3) is 0 Å². The summed E-state index contributed by atoms with van der Waals surface area (Å²) in [5.74, 6) is -0.105. The highest BCUT2D eigenvalue weighted by molar-refractivity contribution is 6.31. The third-order valence-corrected chi connectivity index (χ3v) is 6.94. The fraction of sp³-hybridized carbons (Fsp3) is 0.455. The molecule has 0 unspecified atom stereocenters. The van der Waals surface area contributed by atoms with E-state index in [9.17, 15) is 9.59 Å². The SMILES string of the molecule is Cc1cc2c([nH]1)[C@@H]1CCCCC[C@@H]1[C@@H]1C(=O)N(c3ccc(Cl)cc3)C(=O)[C@H]21. The van der Waals surface area contributed by atoms with Crippen LogP contribution in [0.3, 0.4) is 0 Å². The highest BCUT2D eigenvalue weighted by Gasteiger charge is 2.57. The second kappa shape index (κ2) is 6.23. The molecule has 140 valence electrons. The summed E-state index contributed by atoms with van der Waals surface area (Å²) < 4.78 is 0. The van der Waals surface area contributed by atoms with Crippen LogP contribution < -0.4 is 4.90 Å². The van der Waals surface area contributed by atoms with E-state index < -0.39 is 0 Å². The van der Waals surface area contributed by atoms with Gasteiger partial charge in [0, 0.05) is 22.3 Å². The maximum atomic E-state index is 13.5. The molecule has 27 heavy (non-hydrogen) atoms. The molecule has 2 aliphatic carbocycles. The van der Waals surface area contributed by atoms with E-state index in [2.05, 4.69) is 11.1 Å². The van der Waals surface area contributed by atoms with Gasteiger partial charge in [-0.25, -0.2) is 4.90 Å². The van der Waals surface area contributed by atoms with Crippen molar-refractivity contribution in [1.29, 1.82) is 0 Å². The number of aryl methyl sites for hydroxylation is 1. The average molecular weight is 383 g/mol. The van der Waals surface area contributed by atoms with Gasteiger partial charge in [-0.05, 0) is 61.6 Å². The molecule has 5 rings (SSSR count). The number of carbonyl (C=O) groups excluding carboxylic acids is 2. The number of rotatable bonds is 1. The van der Waals surface area contributed by atoms with E-state index in [0.717, 1.165) is 30.5 Å². The van der Waals surface area contributed by atoms with Gasteiger partial charge in [-0.3, -0.25) is 9.59 Å². The van der Waals surface area contributed by atoms with E-state index >= 15 is 0 Å². The molecular formula is C22H23ClN2O2. The van der Waals surface area contributed by atoms with Gasteiger partial charge in [0.05, 0.1) is 17.5 Å². The van der Waals surface area contributed by atoms with Gasteiger partial charge in [0.15, 0.2) is 0 Å². The van der Waals surface area contributed by atoms with Gasteiger partial charge in [-0.1, -0.05) is 30.9 Å². The van der Waals surface area contributed by atoms with E-state index in [1.807, 2.05) is 6.92 Å². The Bertz CT molecular complexity index is 917. The second-order valence-electron chi connectivity index (χ2n) is 8.22. The van der Waals surface area contributed by atoms with Crippen LogP contribution in [0.5, 0.6) is 0 Å². The Kier molecular flexibility index (Phi) is 3.94. The lowest BCUT2D eigenvalue weighted by Crippen LogP contribution is -2.35. The molecule has 2 heterocycles. The zero-order valence-corrected chi connectivity index (χ0v) is 16.1. The van der Waals surface area contributed by atoms with Crippen LogP contribution in [0.2, 0.25) is 5.02 Å². The Morgan fingerprint density at radius 1 is 1.04 bits per heavy atom. The van der Waals surface area contributed by atoms with Crippen molar-refractivity contribution in [2.24, 2.45) is 11.8 Å². The molecule has 3 aliphatic rings. The molecule has 0 spiro atoms. The number of anilines is 1. The Balaban J connectivity index is 1.64. The monoisotopic (exact) mass is 382 g/mol.